The van der Waals surface area contributed by atoms with E-state index in [4.69, 9.17) is 5.84 Å². The summed E-state index contributed by atoms with van der Waals surface area (Å²) in [5.41, 5.74) is 0.965. The number of anilines is 1. The first-order valence-corrected chi connectivity index (χ1v) is 6.05. The number of halogens is 5. The molecule has 1 rings (SSSR count). The Morgan fingerprint density at radius 2 is 1.71 bits per heavy atom. The van der Waals surface area contributed by atoms with Crippen molar-refractivity contribution >= 4 is 11.6 Å². The molecule has 4 nitrogen and oxygen atoms in total. The van der Waals surface area contributed by atoms with Gasteiger partial charge in [0.1, 0.15) is 5.69 Å². The fourth-order valence-corrected chi connectivity index (χ4v) is 1.60. The summed E-state index contributed by atoms with van der Waals surface area (Å²) in [6, 6.07) is 1.56. The Kier molecular flexibility index (Phi) is 5.89. The van der Waals surface area contributed by atoms with Gasteiger partial charge in [0.15, 0.2) is 11.6 Å². The third-order valence-electron chi connectivity index (χ3n) is 2.62. The number of benzene rings is 1. The summed E-state index contributed by atoms with van der Waals surface area (Å²) in [5, 5.41) is 2.29. The Bertz CT molecular complexity index is 481. The number of nitrogens with one attached hydrogen (secondary N) is 2. The van der Waals surface area contributed by atoms with Crippen LogP contribution in [0.1, 0.15) is 29.6 Å². The maximum atomic E-state index is 13.4. The molecule has 0 aliphatic rings. The van der Waals surface area contributed by atoms with E-state index in [0.717, 1.165) is 12.1 Å². The summed E-state index contributed by atoms with van der Waals surface area (Å²) >= 11 is 0. The second-order valence-electron chi connectivity index (χ2n) is 4.29. The average Bonchev–Trinajstić information content (AvgIpc) is 2.36. The van der Waals surface area contributed by atoms with E-state index in [-0.39, 0.29) is 24.9 Å². The van der Waals surface area contributed by atoms with Crippen molar-refractivity contribution in [2.45, 2.75) is 25.4 Å². The Hall–Kier alpha value is -1.90. The second-order valence-corrected chi connectivity index (χ2v) is 4.29. The van der Waals surface area contributed by atoms with Gasteiger partial charge in [-0.3, -0.25) is 10.6 Å². The van der Waals surface area contributed by atoms with Gasteiger partial charge in [0.05, 0.1) is 0 Å². The zero-order valence-electron chi connectivity index (χ0n) is 10.9. The molecule has 0 aliphatic carbocycles. The van der Waals surface area contributed by atoms with Crippen LogP contribution in [0.5, 0.6) is 0 Å². The lowest BCUT2D eigenvalue weighted by Crippen LogP contribution is -2.25. The highest BCUT2D eigenvalue weighted by molar-refractivity contribution is 5.94. The first-order chi connectivity index (χ1) is 9.74. The molecule has 1 amide bonds. The lowest BCUT2D eigenvalue weighted by molar-refractivity contribution is -0.135. The van der Waals surface area contributed by atoms with E-state index in [9.17, 15) is 26.7 Å². The minimum Gasteiger partial charge on any atom is -0.352 e. The molecular weight excluding hydrogens is 297 g/mol. The summed E-state index contributed by atoms with van der Waals surface area (Å²) in [5.74, 6) is 2.05. The van der Waals surface area contributed by atoms with Crippen LogP contribution in [0.4, 0.5) is 27.6 Å². The van der Waals surface area contributed by atoms with Crippen LogP contribution in [-0.2, 0) is 0 Å². The molecular formula is C12H14F5N3O. The van der Waals surface area contributed by atoms with Crippen LogP contribution in [0.25, 0.3) is 0 Å². The molecule has 0 saturated heterocycles. The van der Waals surface area contributed by atoms with Crippen molar-refractivity contribution in [1.29, 1.82) is 0 Å². The largest absolute Gasteiger partial charge is 0.389 e. The average molecular weight is 311 g/mol. The van der Waals surface area contributed by atoms with Gasteiger partial charge in [-0.15, -0.1) is 0 Å². The van der Waals surface area contributed by atoms with Crippen LogP contribution in [0, 0.1) is 11.6 Å². The molecule has 0 saturated carbocycles. The standard InChI is InChI=1S/C12H14F5N3O/c13-8-5-7(6-9(14)10(8)20-18)11(21)19-4-2-1-3-12(15,16)17/h5-6,20H,1-4,18H2,(H,19,21). The maximum absolute atomic E-state index is 13.4. The van der Waals surface area contributed by atoms with Gasteiger partial charge in [-0.1, -0.05) is 0 Å². The van der Waals surface area contributed by atoms with Crippen molar-refractivity contribution in [3.8, 4) is 0 Å². The highest BCUT2D eigenvalue weighted by atomic mass is 19.4. The molecule has 0 fully saturated rings. The topological polar surface area (TPSA) is 67.1 Å². The van der Waals surface area contributed by atoms with E-state index >= 15 is 0 Å². The number of alkyl halides is 3. The van der Waals surface area contributed by atoms with Gasteiger partial charge in [-0.25, -0.2) is 8.78 Å². The third kappa shape index (κ3) is 5.54. The van der Waals surface area contributed by atoms with E-state index in [2.05, 4.69) is 5.32 Å². The van der Waals surface area contributed by atoms with E-state index in [0.29, 0.717) is 0 Å². The Balaban J connectivity index is 2.50. The highest BCUT2D eigenvalue weighted by Crippen LogP contribution is 2.22. The van der Waals surface area contributed by atoms with Gasteiger partial charge in [0.2, 0.25) is 0 Å². The van der Waals surface area contributed by atoms with Crippen molar-refractivity contribution in [3.63, 3.8) is 0 Å². The lowest BCUT2D eigenvalue weighted by atomic mass is 10.1. The van der Waals surface area contributed by atoms with Gasteiger partial charge < -0.3 is 10.7 Å². The molecule has 0 aromatic heterocycles. The quantitative estimate of drug-likeness (QED) is 0.327. The van der Waals surface area contributed by atoms with E-state index < -0.39 is 35.8 Å². The number of unbranched alkanes of at least 4 members (excludes halogenated alkanes) is 1. The number of carbonyl (C=O) groups is 1. The molecule has 1 aromatic carbocycles. The molecule has 0 bridgehead atoms. The number of hydrogen-bond acceptors (Lipinski definition) is 3. The molecule has 118 valence electrons. The number of nitrogen functional groups attached to an aromatic ring is 1. The summed E-state index contributed by atoms with van der Waals surface area (Å²) in [7, 11) is 0. The summed E-state index contributed by atoms with van der Waals surface area (Å²) < 4.78 is 62.4. The van der Waals surface area contributed by atoms with Gasteiger partial charge in [0.25, 0.3) is 5.91 Å². The number of hydrogen-bond donors (Lipinski definition) is 3. The number of nitrogens with two attached hydrogens (primary N) is 1. The molecule has 0 atom stereocenters. The fraction of sp³-hybridized carbons (Fsp3) is 0.417. The van der Waals surface area contributed by atoms with Crippen LogP contribution in [0.2, 0.25) is 0 Å². The van der Waals surface area contributed by atoms with Gasteiger partial charge in [0, 0.05) is 18.5 Å². The minimum atomic E-state index is -4.23. The molecule has 0 heterocycles. The van der Waals surface area contributed by atoms with Crippen molar-refractivity contribution < 1.29 is 26.7 Å². The molecule has 1 aromatic rings. The van der Waals surface area contributed by atoms with Crippen molar-refractivity contribution in [2.24, 2.45) is 5.84 Å². The molecule has 0 unspecified atom stereocenters. The van der Waals surface area contributed by atoms with E-state index in [1.54, 1.807) is 0 Å². The Morgan fingerprint density at radius 3 is 2.19 bits per heavy atom. The first-order valence-electron chi connectivity index (χ1n) is 6.05. The summed E-state index contributed by atoms with van der Waals surface area (Å²) in [4.78, 5) is 11.6. The lowest BCUT2D eigenvalue weighted by Gasteiger charge is -2.09. The normalized spacial score (nSPS) is 11.3. The van der Waals surface area contributed by atoms with E-state index in [1.807, 2.05) is 5.43 Å². The maximum Gasteiger partial charge on any atom is 0.389 e. The minimum absolute atomic E-state index is 0.0188. The van der Waals surface area contributed by atoms with Gasteiger partial charge in [-0.2, -0.15) is 13.2 Å². The van der Waals surface area contributed by atoms with Crippen LogP contribution in [0.15, 0.2) is 12.1 Å². The third-order valence-corrected chi connectivity index (χ3v) is 2.62. The van der Waals surface area contributed by atoms with Crippen LogP contribution in [-0.4, -0.2) is 18.6 Å². The molecule has 9 heteroatoms. The van der Waals surface area contributed by atoms with Crippen LogP contribution >= 0.6 is 0 Å². The highest BCUT2D eigenvalue weighted by Gasteiger charge is 2.25. The van der Waals surface area contributed by atoms with Crippen molar-refractivity contribution in [2.75, 3.05) is 12.0 Å². The molecule has 0 spiro atoms. The van der Waals surface area contributed by atoms with Crippen LogP contribution in [0.3, 0.4) is 0 Å². The zero-order valence-corrected chi connectivity index (χ0v) is 10.9. The van der Waals surface area contributed by atoms with Crippen molar-refractivity contribution in [1.82, 2.24) is 5.32 Å². The molecule has 0 radical (unpaired) electrons. The number of hydrazine groups is 1. The predicted molar refractivity (Wildman–Crippen MR) is 66.4 cm³/mol. The molecule has 21 heavy (non-hydrogen) atoms. The molecule has 4 N–H and O–H groups in total. The van der Waals surface area contributed by atoms with Crippen LogP contribution < -0.4 is 16.6 Å². The number of rotatable bonds is 6. The smallest absolute Gasteiger partial charge is 0.352 e. The van der Waals surface area contributed by atoms with E-state index in [1.165, 1.54) is 0 Å². The SMILES string of the molecule is NNc1c(F)cc(C(=O)NCCCCC(F)(F)F)cc1F. The monoisotopic (exact) mass is 311 g/mol. The summed E-state index contributed by atoms with van der Waals surface area (Å²) in [6.07, 6.45) is -5.20. The Morgan fingerprint density at radius 1 is 1.14 bits per heavy atom. The molecule has 0 aliphatic heterocycles. The first kappa shape index (κ1) is 17.2. The number of carbonyl (C=O) groups excluding carboxylic acids is 1. The van der Waals surface area contributed by atoms with Crippen molar-refractivity contribution in [3.05, 3.63) is 29.3 Å². The fourth-order valence-electron chi connectivity index (χ4n) is 1.60. The number of amides is 1. The Labute approximate surface area is 117 Å². The zero-order chi connectivity index (χ0) is 16.0. The van der Waals surface area contributed by atoms with Gasteiger partial charge in [-0.05, 0) is 25.0 Å². The summed E-state index contributed by atoms with van der Waals surface area (Å²) in [6.45, 7) is -0.0188. The predicted octanol–water partition coefficient (Wildman–Crippen LogP) is 2.71. The second kappa shape index (κ2) is 7.21. The van der Waals surface area contributed by atoms with Gasteiger partial charge >= 0.3 is 6.18 Å².